The number of halogens is 1. The van der Waals surface area contributed by atoms with E-state index in [2.05, 4.69) is 36.3 Å². The zero-order valence-electron chi connectivity index (χ0n) is 15.8. The third-order valence-electron chi connectivity index (χ3n) is 4.28. The Kier molecular flexibility index (Phi) is 8.68. The smallest absolute Gasteiger partial charge is 0.251 e. The van der Waals surface area contributed by atoms with Crippen LogP contribution in [0.5, 0.6) is 0 Å². The van der Waals surface area contributed by atoms with Crippen LogP contribution in [0.2, 0.25) is 0 Å². The number of hydrogen-bond donors (Lipinski definition) is 2. The van der Waals surface area contributed by atoms with Crippen LogP contribution in [-0.2, 0) is 6.54 Å². The highest BCUT2D eigenvalue weighted by Crippen LogP contribution is 2.28. The van der Waals surface area contributed by atoms with Crippen LogP contribution in [0.25, 0.3) is 0 Å². The highest BCUT2D eigenvalue weighted by Gasteiger charge is 2.30. The highest BCUT2D eigenvalue weighted by molar-refractivity contribution is 14.0. The molecule has 1 saturated heterocycles. The van der Waals surface area contributed by atoms with Crippen molar-refractivity contribution >= 4 is 35.8 Å². The van der Waals surface area contributed by atoms with Crippen molar-refractivity contribution in [3.05, 3.63) is 35.4 Å². The SMILES string of the molecule is CCNC(=O)c1ccc(CN=C(NCC)N2CCC(C)(C)C2)cc1.I. The van der Waals surface area contributed by atoms with Crippen molar-refractivity contribution in [2.45, 2.75) is 40.7 Å². The van der Waals surface area contributed by atoms with E-state index in [1.807, 2.05) is 31.2 Å². The molecule has 0 radical (unpaired) electrons. The van der Waals surface area contributed by atoms with E-state index < -0.39 is 0 Å². The molecular weight excluding hydrogens is 427 g/mol. The summed E-state index contributed by atoms with van der Waals surface area (Å²) in [6.07, 6.45) is 1.19. The van der Waals surface area contributed by atoms with E-state index in [9.17, 15) is 4.79 Å². The fourth-order valence-corrected chi connectivity index (χ4v) is 2.91. The highest BCUT2D eigenvalue weighted by atomic mass is 127. The van der Waals surface area contributed by atoms with E-state index in [4.69, 9.17) is 4.99 Å². The van der Waals surface area contributed by atoms with E-state index in [0.717, 1.165) is 31.2 Å². The number of amides is 1. The number of rotatable bonds is 5. The summed E-state index contributed by atoms with van der Waals surface area (Å²) in [6.45, 7) is 12.8. The van der Waals surface area contributed by atoms with Gasteiger partial charge in [-0.05, 0) is 43.4 Å². The van der Waals surface area contributed by atoms with Gasteiger partial charge < -0.3 is 15.5 Å². The summed E-state index contributed by atoms with van der Waals surface area (Å²) in [5, 5.41) is 6.20. The minimum Gasteiger partial charge on any atom is -0.357 e. The monoisotopic (exact) mass is 458 g/mol. The lowest BCUT2D eigenvalue weighted by molar-refractivity contribution is 0.0956. The number of carbonyl (C=O) groups excluding carboxylic acids is 1. The molecular formula is C19H31IN4O. The Morgan fingerprint density at radius 1 is 1.16 bits per heavy atom. The van der Waals surface area contributed by atoms with Crippen LogP contribution in [-0.4, -0.2) is 42.9 Å². The van der Waals surface area contributed by atoms with Crippen molar-refractivity contribution in [3.8, 4) is 0 Å². The molecule has 1 aliphatic rings. The van der Waals surface area contributed by atoms with Gasteiger partial charge in [-0.3, -0.25) is 4.79 Å². The van der Waals surface area contributed by atoms with Crippen LogP contribution >= 0.6 is 24.0 Å². The zero-order valence-corrected chi connectivity index (χ0v) is 18.1. The van der Waals surface area contributed by atoms with Crippen LogP contribution in [0, 0.1) is 5.41 Å². The average molecular weight is 458 g/mol. The van der Waals surface area contributed by atoms with Crippen molar-refractivity contribution < 1.29 is 4.79 Å². The van der Waals surface area contributed by atoms with Crippen LogP contribution in [0.4, 0.5) is 0 Å². The van der Waals surface area contributed by atoms with Gasteiger partial charge in [0.25, 0.3) is 5.91 Å². The van der Waals surface area contributed by atoms with Crippen molar-refractivity contribution in [3.63, 3.8) is 0 Å². The second-order valence-electron chi connectivity index (χ2n) is 7.06. The molecule has 0 bridgehead atoms. The maximum atomic E-state index is 11.8. The average Bonchev–Trinajstić information content (AvgIpc) is 2.92. The lowest BCUT2D eigenvalue weighted by Crippen LogP contribution is -2.40. The minimum atomic E-state index is -0.0276. The van der Waals surface area contributed by atoms with Gasteiger partial charge in [-0.2, -0.15) is 0 Å². The molecule has 1 aromatic rings. The summed E-state index contributed by atoms with van der Waals surface area (Å²) >= 11 is 0. The van der Waals surface area contributed by atoms with Gasteiger partial charge in [0, 0.05) is 31.7 Å². The van der Waals surface area contributed by atoms with Crippen LogP contribution in [0.1, 0.15) is 50.0 Å². The molecule has 5 nitrogen and oxygen atoms in total. The first-order chi connectivity index (χ1) is 11.4. The predicted molar refractivity (Wildman–Crippen MR) is 115 cm³/mol. The number of benzene rings is 1. The number of aliphatic imine (C=N–C) groups is 1. The van der Waals surface area contributed by atoms with Gasteiger partial charge in [-0.25, -0.2) is 4.99 Å². The number of nitrogens with zero attached hydrogens (tertiary/aromatic N) is 2. The van der Waals surface area contributed by atoms with E-state index >= 15 is 0 Å². The summed E-state index contributed by atoms with van der Waals surface area (Å²) in [7, 11) is 0. The molecule has 0 saturated carbocycles. The Bertz CT molecular complexity index is 584. The molecule has 140 valence electrons. The Hall–Kier alpha value is -1.31. The molecule has 0 spiro atoms. The zero-order chi connectivity index (χ0) is 17.6. The first kappa shape index (κ1) is 21.7. The first-order valence-electron chi connectivity index (χ1n) is 8.85. The number of nitrogens with one attached hydrogen (secondary N) is 2. The molecule has 0 aliphatic carbocycles. The maximum absolute atomic E-state index is 11.8. The Balaban J connectivity index is 0.00000312. The molecule has 6 heteroatoms. The second kappa shape index (κ2) is 9.99. The molecule has 0 atom stereocenters. The van der Waals surface area contributed by atoms with E-state index in [-0.39, 0.29) is 29.9 Å². The molecule has 0 aromatic heterocycles. The normalized spacial score (nSPS) is 16.3. The molecule has 1 fully saturated rings. The third-order valence-corrected chi connectivity index (χ3v) is 4.28. The summed E-state index contributed by atoms with van der Waals surface area (Å²) in [6, 6.07) is 7.68. The first-order valence-corrected chi connectivity index (χ1v) is 8.85. The predicted octanol–water partition coefficient (Wildman–Crippen LogP) is 3.25. The number of carbonyl (C=O) groups is 1. The lowest BCUT2D eigenvalue weighted by atomic mass is 9.93. The fourth-order valence-electron chi connectivity index (χ4n) is 2.91. The van der Waals surface area contributed by atoms with Gasteiger partial charge in [-0.1, -0.05) is 26.0 Å². The molecule has 1 amide bonds. The van der Waals surface area contributed by atoms with E-state index in [1.165, 1.54) is 6.42 Å². The van der Waals surface area contributed by atoms with Crippen molar-refractivity contribution in [2.75, 3.05) is 26.2 Å². The van der Waals surface area contributed by atoms with Gasteiger partial charge in [0.15, 0.2) is 5.96 Å². The van der Waals surface area contributed by atoms with E-state index in [0.29, 0.717) is 24.1 Å². The summed E-state index contributed by atoms with van der Waals surface area (Å²) in [5.74, 6) is 0.955. The van der Waals surface area contributed by atoms with Crippen LogP contribution in [0.15, 0.2) is 29.3 Å². The third kappa shape index (κ3) is 6.49. The Labute approximate surface area is 168 Å². The van der Waals surface area contributed by atoms with Crippen molar-refractivity contribution in [1.29, 1.82) is 0 Å². The molecule has 0 unspecified atom stereocenters. The Morgan fingerprint density at radius 3 is 2.32 bits per heavy atom. The molecule has 25 heavy (non-hydrogen) atoms. The topological polar surface area (TPSA) is 56.7 Å². The standard InChI is InChI=1S/C19H30N4O.HI/c1-5-20-17(24)16-9-7-15(8-10-16)13-22-18(21-6-2)23-12-11-19(3,4)14-23;/h7-10H,5-6,11-14H2,1-4H3,(H,20,24)(H,21,22);1H. The lowest BCUT2D eigenvalue weighted by Gasteiger charge is -2.23. The quantitative estimate of drug-likeness (QED) is 0.405. The number of likely N-dealkylation sites (tertiary alicyclic amines) is 1. The Morgan fingerprint density at radius 2 is 1.80 bits per heavy atom. The molecule has 2 N–H and O–H groups in total. The summed E-state index contributed by atoms with van der Waals surface area (Å²) < 4.78 is 0. The molecule has 1 heterocycles. The van der Waals surface area contributed by atoms with E-state index in [1.54, 1.807) is 0 Å². The molecule has 1 aromatic carbocycles. The fraction of sp³-hybridized carbons (Fsp3) is 0.579. The number of guanidine groups is 1. The van der Waals surface area contributed by atoms with Crippen molar-refractivity contribution in [1.82, 2.24) is 15.5 Å². The van der Waals surface area contributed by atoms with Gasteiger partial charge in [-0.15, -0.1) is 24.0 Å². The largest absolute Gasteiger partial charge is 0.357 e. The van der Waals surface area contributed by atoms with Crippen molar-refractivity contribution in [2.24, 2.45) is 10.4 Å². The molecule has 1 aliphatic heterocycles. The van der Waals surface area contributed by atoms with Gasteiger partial charge in [0.2, 0.25) is 0 Å². The second-order valence-corrected chi connectivity index (χ2v) is 7.06. The maximum Gasteiger partial charge on any atom is 0.251 e. The van der Waals surface area contributed by atoms with Gasteiger partial charge in [0.05, 0.1) is 6.54 Å². The van der Waals surface area contributed by atoms with Gasteiger partial charge >= 0.3 is 0 Å². The van der Waals surface area contributed by atoms with Gasteiger partial charge in [0.1, 0.15) is 0 Å². The van der Waals surface area contributed by atoms with Crippen LogP contribution in [0.3, 0.4) is 0 Å². The minimum absolute atomic E-state index is 0. The van der Waals surface area contributed by atoms with Crippen LogP contribution < -0.4 is 10.6 Å². The summed E-state index contributed by atoms with van der Waals surface area (Å²) in [4.78, 5) is 18.9. The number of hydrogen-bond acceptors (Lipinski definition) is 2. The molecule has 2 rings (SSSR count). The summed E-state index contributed by atoms with van der Waals surface area (Å²) in [5.41, 5.74) is 2.15.